The van der Waals surface area contributed by atoms with Gasteiger partial charge in [0, 0.05) is 24.3 Å². The van der Waals surface area contributed by atoms with Crippen molar-refractivity contribution in [1.82, 2.24) is 5.32 Å². The number of hydrogen-bond donors (Lipinski definition) is 2. The van der Waals surface area contributed by atoms with Crippen molar-refractivity contribution in [2.24, 2.45) is 0 Å². The third-order valence-electron chi connectivity index (χ3n) is 7.54. The van der Waals surface area contributed by atoms with E-state index in [-0.39, 0.29) is 11.9 Å². The molecule has 1 saturated heterocycles. The summed E-state index contributed by atoms with van der Waals surface area (Å²) in [5, 5.41) is 13.4. The highest BCUT2D eigenvalue weighted by atomic mass is 16.7. The van der Waals surface area contributed by atoms with Crippen LogP contribution in [0.15, 0.2) is 18.2 Å². The molecule has 1 amide bonds. The predicted molar refractivity (Wildman–Crippen MR) is 124 cm³/mol. The Morgan fingerprint density at radius 2 is 1.71 bits per heavy atom. The predicted octanol–water partition coefficient (Wildman–Crippen LogP) is 2.50. The molecule has 1 aromatic rings. The zero-order valence-electron chi connectivity index (χ0n) is 20.2. The fourth-order valence-electron chi connectivity index (χ4n) is 4.65. The SMILES string of the molecule is CC(C)(O)CNC1CC(N2C(=O)C(C)(C)c3ccc(B4OC(C)(C)C(C)(C)O4)cc32)C1. The second-order valence-corrected chi connectivity index (χ2v) is 11.7. The van der Waals surface area contributed by atoms with Crippen LogP contribution in [0.5, 0.6) is 0 Å². The largest absolute Gasteiger partial charge is 0.494 e. The van der Waals surface area contributed by atoms with E-state index in [1.54, 1.807) is 13.8 Å². The van der Waals surface area contributed by atoms with Gasteiger partial charge in [0.15, 0.2) is 0 Å². The Hall–Kier alpha value is -1.41. The highest BCUT2D eigenvalue weighted by Gasteiger charge is 2.53. The van der Waals surface area contributed by atoms with Gasteiger partial charge in [0.25, 0.3) is 0 Å². The fourth-order valence-corrected chi connectivity index (χ4v) is 4.65. The number of nitrogens with one attached hydrogen (secondary N) is 1. The van der Waals surface area contributed by atoms with E-state index in [1.165, 1.54) is 0 Å². The molecule has 2 N–H and O–H groups in total. The summed E-state index contributed by atoms with van der Waals surface area (Å²) in [7, 11) is -0.446. The van der Waals surface area contributed by atoms with Gasteiger partial charge in [-0.1, -0.05) is 12.1 Å². The molecule has 7 heteroatoms. The summed E-state index contributed by atoms with van der Waals surface area (Å²) >= 11 is 0. The van der Waals surface area contributed by atoms with Gasteiger partial charge < -0.3 is 24.6 Å². The van der Waals surface area contributed by atoms with E-state index < -0.39 is 29.3 Å². The second-order valence-electron chi connectivity index (χ2n) is 11.7. The van der Waals surface area contributed by atoms with Crippen LogP contribution in [-0.4, -0.2) is 53.6 Å². The first-order valence-corrected chi connectivity index (χ1v) is 11.4. The second kappa shape index (κ2) is 7.04. The van der Waals surface area contributed by atoms with E-state index in [0.717, 1.165) is 29.6 Å². The number of benzene rings is 1. The van der Waals surface area contributed by atoms with Crippen molar-refractivity contribution in [3.8, 4) is 0 Å². The molecule has 31 heavy (non-hydrogen) atoms. The Morgan fingerprint density at radius 3 is 2.26 bits per heavy atom. The first-order chi connectivity index (χ1) is 14.1. The molecule has 0 unspecified atom stereocenters. The van der Waals surface area contributed by atoms with Crippen LogP contribution in [0.4, 0.5) is 5.69 Å². The monoisotopic (exact) mass is 428 g/mol. The van der Waals surface area contributed by atoms with Gasteiger partial charge in [-0.2, -0.15) is 0 Å². The van der Waals surface area contributed by atoms with E-state index in [2.05, 4.69) is 45.1 Å². The highest BCUT2D eigenvalue weighted by molar-refractivity contribution is 6.62. The van der Waals surface area contributed by atoms with E-state index in [1.807, 2.05) is 24.8 Å². The topological polar surface area (TPSA) is 71.0 Å². The van der Waals surface area contributed by atoms with Crippen LogP contribution >= 0.6 is 0 Å². The van der Waals surface area contributed by atoms with Crippen LogP contribution in [-0.2, 0) is 19.5 Å². The average molecular weight is 428 g/mol. The smallest absolute Gasteiger partial charge is 0.399 e. The Kier molecular flexibility index (Phi) is 5.18. The molecule has 1 aromatic carbocycles. The Morgan fingerprint density at radius 1 is 1.13 bits per heavy atom. The standard InChI is InChI=1S/C24H37BN2O4/c1-21(2,29)14-26-16-12-17(13-16)27-19-11-15(9-10-18(19)22(3,4)20(27)28)25-30-23(5,6)24(7,8)31-25/h9-11,16-17,26,29H,12-14H2,1-8H3. The lowest BCUT2D eigenvalue weighted by molar-refractivity contribution is -0.123. The average Bonchev–Trinajstić information content (AvgIpc) is 2.93. The van der Waals surface area contributed by atoms with Gasteiger partial charge >= 0.3 is 7.12 Å². The van der Waals surface area contributed by atoms with Crippen LogP contribution in [0.3, 0.4) is 0 Å². The quantitative estimate of drug-likeness (QED) is 0.706. The molecule has 1 saturated carbocycles. The van der Waals surface area contributed by atoms with Gasteiger partial charge in [0.05, 0.1) is 22.2 Å². The molecule has 6 nitrogen and oxygen atoms in total. The Labute approximate surface area is 186 Å². The number of anilines is 1. The molecule has 0 spiro atoms. The van der Waals surface area contributed by atoms with Crippen molar-refractivity contribution in [3.63, 3.8) is 0 Å². The minimum atomic E-state index is -0.735. The minimum Gasteiger partial charge on any atom is -0.399 e. The molecule has 0 atom stereocenters. The van der Waals surface area contributed by atoms with E-state index >= 15 is 0 Å². The summed E-state index contributed by atoms with van der Waals surface area (Å²) < 4.78 is 12.5. The summed E-state index contributed by atoms with van der Waals surface area (Å²) in [5.74, 6) is 0.152. The number of carbonyl (C=O) groups excluding carboxylic acids is 1. The molecule has 1 aliphatic carbocycles. The van der Waals surface area contributed by atoms with E-state index in [4.69, 9.17) is 9.31 Å². The molecule has 2 heterocycles. The lowest BCUT2D eigenvalue weighted by atomic mass is 9.76. The van der Waals surface area contributed by atoms with Gasteiger partial charge in [-0.25, -0.2) is 0 Å². The van der Waals surface area contributed by atoms with Crippen LogP contribution in [0, 0.1) is 0 Å². The molecule has 4 rings (SSSR count). The summed E-state index contributed by atoms with van der Waals surface area (Å²) in [5.41, 5.74) is 0.899. The maximum absolute atomic E-state index is 13.4. The van der Waals surface area contributed by atoms with Crippen molar-refractivity contribution in [3.05, 3.63) is 23.8 Å². The Bertz CT molecular complexity index is 868. The van der Waals surface area contributed by atoms with Gasteiger partial charge in [0.1, 0.15) is 0 Å². The molecular weight excluding hydrogens is 391 g/mol. The zero-order chi connectivity index (χ0) is 23.0. The molecule has 0 radical (unpaired) electrons. The first-order valence-electron chi connectivity index (χ1n) is 11.4. The summed E-state index contributed by atoms with van der Waals surface area (Å²) in [6, 6.07) is 6.68. The van der Waals surface area contributed by atoms with Crippen LogP contribution in [0.1, 0.15) is 73.8 Å². The van der Waals surface area contributed by atoms with Crippen molar-refractivity contribution in [1.29, 1.82) is 0 Å². The fraction of sp³-hybridized carbons (Fsp3) is 0.708. The Balaban J connectivity index is 1.56. The lowest BCUT2D eigenvalue weighted by Crippen LogP contribution is -2.56. The summed E-state index contributed by atoms with van der Waals surface area (Å²) in [6.07, 6.45) is 1.77. The normalized spacial score (nSPS) is 28.6. The maximum Gasteiger partial charge on any atom is 0.494 e. The third-order valence-corrected chi connectivity index (χ3v) is 7.54. The summed E-state index contributed by atoms with van der Waals surface area (Å²) in [6.45, 7) is 16.4. The number of fused-ring (bicyclic) bond motifs is 1. The number of aliphatic hydroxyl groups is 1. The molecule has 2 aliphatic heterocycles. The third kappa shape index (κ3) is 3.84. The lowest BCUT2D eigenvalue weighted by Gasteiger charge is -2.43. The zero-order valence-corrected chi connectivity index (χ0v) is 20.2. The van der Waals surface area contributed by atoms with Crippen LogP contribution in [0.2, 0.25) is 0 Å². The molecular formula is C24H37BN2O4. The maximum atomic E-state index is 13.4. The minimum absolute atomic E-state index is 0.152. The van der Waals surface area contributed by atoms with E-state index in [9.17, 15) is 9.90 Å². The van der Waals surface area contributed by atoms with Crippen LogP contribution < -0.4 is 15.7 Å². The molecule has 3 aliphatic rings. The first kappa shape index (κ1) is 22.8. The number of nitrogens with zero attached hydrogens (tertiary/aromatic N) is 1. The van der Waals surface area contributed by atoms with Crippen molar-refractivity contribution < 1.29 is 19.2 Å². The molecule has 170 valence electrons. The van der Waals surface area contributed by atoms with Gasteiger partial charge in [-0.3, -0.25) is 4.79 Å². The number of carbonyl (C=O) groups is 1. The highest BCUT2D eigenvalue weighted by Crippen LogP contribution is 2.45. The van der Waals surface area contributed by atoms with Crippen molar-refractivity contribution in [2.45, 2.75) is 103 Å². The van der Waals surface area contributed by atoms with Crippen molar-refractivity contribution in [2.75, 3.05) is 11.4 Å². The van der Waals surface area contributed by atoms with Gasteiger partial charge in [0.2, 0.25) is 5.91 Å². The molecule has 0 aromatic heterocycles. The number of rotatable bonds is 5. The summed E-state index contributed by atoms with van der Waals surface area (Å²) in [4.78, 5) is 15.4. The van der Waals surface area contributed by atoms with Crippen LogP contribution in [0.25, 0.3) is 0 Å². The van der Waals surface area contributed by atoms with Gasteiger partial charge in [-0.15, -0.1) is 0 Å². The van der Waals surface area contributed by atoms with Gasteiger partial charge in [-0.05, 0) is 85.3 Å². The number of amides is 1. The number of hydrogen-bond acceptors (Lipinski definition) is 5. The van der Waals surface area contributed by atoms with Crippen molar-refractivity contribution >= 4 is 24.2 Å². The molecule has 0 bridgehead atoms. The molecule has 2 fully saturated rings. The van der Waals surface area contributed by atoms with E-state index in [0.29, 0.717) is 12.6 Å².